The van der Waals surface area contributed by atoms with E-state index in [1.807, 2.05) is 6.92 Å². The Morgan fingerprint density at radius 1 is 1.06 bits per heavy atom. The maximum Gasteiger partial charge on any atom is 0.138 e. The number of carbonyl (C=O) groups excluding carboxylic acids is 1. The number of Topliss-reactive ketones (excluding diaryl/α,β-unsaturated/α-hetero) is 1. The first-order valence-corrected chi connectivity index (χ1v) is 7.02. The van der Waals surface area contributed by atoms with Gasteiger partial charge in [-0.3, -0.25) is 4.79 Å². The van der Waals surface area contributed by atoms with E-state index in [2.05, 4.69) is 6.92 Å². The molecule has 0 saturated carbocycles. The number of unbranched alkanes of at least 4 members (excludes halogenated alkanes) is 4. The average Bonchev–Trinajstić information content (AvgIpc) is 2.36. The van der Waals surface area contributed by atoms with Crippen LogP contribution in [0, 0.1) is 5.92 Å². The van der Waals surface area contributed by atoms with Gasteiger partial charge in [0.1, 0.15) is 11.9 Å². The first kappa shape index (κ1) is 17.6. The van der Waals surface area contributed by atoms with Gasteiger partial charge in [-0.05, 0) is 6.42 Å². The monoisotopic (exact) mass is 260 g/mol. The fourth-order valence-corrected chi connectivity index (χ4v) is 1.88. The van der Waals surface area contributed by atoms with Crippen LogP contribution in [0.4, 0.5) is 0 Å². The summed E-state index contributed by atoms with van der Waals surface area (Å²) in [7, 11) is 0. The van der Waals surface area contributed by atoms with Gasteiger partial charge in [-0.25, -0.2) is 0 Å². The molecule has 3 N–H and O–H groups in total. The van der Waals surface area contributed by atoms with Crippen LogP contribution in [0.15, 0.2) is 0 Å². The van der Waals surface area contributed by atoms with Crippen molar-refractivity contribution in [1.82, 2.24) is 0 Å². The van der Waals surface area contributed by atoms with E-state index in [-0.39, 0.29) is 18.1 Å². The molecule has 108 valence electrons. The molecule has 0 aliphatic carbocycles. The minimum atomic E-state index is -1.22. The zero-order valence-corrected chi connectivity index (χ0v) is 11.6. The summed E-state index contributed by atoms with van der Waals surface area (Å²) in [6.07, 6.45) is 4.24. The molecule has 0 fully saturated rings. The Hall–Kier alpha value is -0.450. The molecule has 0 aromatic carbocycles. The quantitative estimate of drug-likeness (QED) is 0.494. The lowest BCUT2D eigenvalue weighted by Gasteiger charge is -2.17. The van der Waals surface area contributed by atoms with Crippen molar-refractivity contribution in [3.63, 3.8) is 0 Å². The van der Waals surface area contributed by atoms with E-state index in [1.165, 1.54) is 19.3 Å². The summed E-state index contributed by atoms with van der Waals surface area (Å²) in [4.78, 5) is 11.7. The third kappa shape index (κ3) is 7.80. The van der Waals surface area contributed by atoms with Gasteiger partial charge in [-0.15, -0.1) is 0 Å². The molecular weight excluding hydrogens is 232 g/mol. The maximum absolute atomic E-state index is 11.7. The van der Waals surface area contributed by atoms with Crippen molar-refractivity contribution in [1.29, 1.82) is 0 Å². The van der Waals surface area contributed by atoms with Gasteiger partial charge in [-0.1, -0.05) is 46.0 Å². The summed E-state index contributed by atoms with van der Waals surface area (Å²) in [5, 5.41) is 27.3. The van der Waals surface area contributed by atoms with Crippen LogP contribution in [0.2, 0.25) is 0 Å². The molecule has 18 heavy (non-hydrogen) atoms. The molecule has 0 aliphatic heterocycles. The molecule has 0 aliphatic rings. The van der Waals surface area contributed by atoms with E-state index in [0.717, 1.165) is 19.3 Å². The first-order valence-electron chi connectivity index (χ1n) is 7.02. The highest BCUT2D eigenvalue weighted by Gasteiger charge is 2.21. The Morgan fingerprint density at radius 3 is 2.22 bits per heavy atom. The predicted octanol–water partition coefficient (Wildman–Crippen LogP) is 1.66. The summed E-state index contributed by atoms with van der Waals surface area (Å²) in [6, 6.07) is 0. The minimum absolute atomic E-state index is 0.0366. The van der Waals surface area contributed by atoms with Crippen molar-refractivity contribution < 1.29 is 20.1 Å². The summed E-state index contributed by atoms with van der Waals surface area (Å²) >= 11 is 0. The molecule has 0 heterocycles. The van der Waals surface area contributed by atoms with Gasteiger partial charge in [0, 0.05) is 12.3 Å². The third-order valence-corrected chi connectivity index (χ3v) is 3.33. The largest absolute Gasteiger partial charge is 0.394 e. The Morgan fingerprint density at radius 2 is 1.67 bits per heavy atom. The van der Waals surface area contributed by atoms with Crippen molar-refractivity contribution in [2.24, 2.45) is 5.92 Å². The fraction of sp³-hybridized carbons (Fsp3) is 0.929. The smallest absolute Gasteiger partial charge is 0.138 e. The molecule has 4 nitrogen and oxygen atoms in total. The van der Waals surface area contributed by atoms with Gasteiger partial charge < -0.3 is 15.3 Å². The third-order valence-electron chi connectivity index (χ3n) is 3.33. The van der Waals surface area contributed by atoms with E-state index >= 15 is 0 Å². The van der Waals surface area contributed by atoms with Crippen LogP contribution in [-0.2, 0) is 4.79 Å². The Balaban J connectivity index is 3.75. The van der Waals surface area contributed by atoms with Gasteiger partial charge >= 0.3 is 0 Å². The predicted molar refractivity (Wildman–Crippen MR) is 71.3 cm³/mol. The van der Waals surface area contributed by atoms with Crippen molar-refractivity contribution in [2.45, 2.75) is 71.0 Å². The van der Waals surface area contributed by atoms with Crippen LogP contribution in [0.25, 0.3) is 0 Å². The SMILES string of the molecule is CCCCCCCC(C)C(=O)C[C@H](O)[C@H](O)CO. The van der Waals surface area contributed by atoms with Gasteiger partial charge in [0.15, 0.2) is 0 Å². The molecule has 4 heteroatoms. The summed E-state index contributed by atoms with van der Waals surface area (Å²) < 4.78 is 0. The molecule has 0 spiro atoms. The number of rotatable bonds is 11. The maximum atomic E-state index is 11.7. The van der Waals surface area contributed by atoms with Crippen LogP contribution < -0.4 is 0 Å². The molecule has 0 aromatic rings. The summed E-state index contributed by atoms with van der Waals surface area (Å²) in [6.45, 7) is 3.51. The zero-order valence-electron chi connectivity index (χ0n) is 11.6. The number of carbonyl (C=O) groups is 1. The molecular formula is C14H28O4. The van der Waals surface area contributed by atoms with Crippen molar-refractivity contribution in [2.75, 3.05) is 6.61 Å². The number of hydrogen-bond donors (Lipinski definition) is 3. The second-order valence-corrected chi connectivity index (χ2v) is 5.09. The van der Waals surface area contributed by atoms with Crippen molar-refractivity contribution in [3.05, 3.63) is 0 Å². The molecule has 0 saturated heterocycles. The lowest BCUT2D eigenvalue weighted by atomic mass is 9.94. The fourth-order valence-electron chi connectivity index (χ4n) is 1.88. The van der Waals surface area contributed by atoms with E-state index in [0.29, 0.717) is 0 Å². The second-order valence-electron chi connectivity index (χ2n) is 5.09. The highest BCUT2D eigenvalue weighted by atomic mass is 16.4. The van der Waals surface area contributed by atoms with Gasteiger partial charge in [0.25, 0.3) is 0 Å². The van der Waals surface area contributed by atoms with E-state index in [4.69, 9.17) is 5.11 Å². The first-order chi connectivity index (χ1) is 8.52. The summed E-state index contributed by atoms with van der Waals surface area (Å²) in [5.74, 6) is -0.113. The molecule has 3 atom stereocenters. The van der Waals surface area contributed by atoms with Crippen LogP contribution in [0.3, 0.4) is 0 Å². The van der Waals surface area contributed by atoms with E-state index < -0.39 is 18.8 Å². The van der Waals surface area contributed by atoms with Gasteiger partial charge in [0.2, 0.25) is 0 Å². The highest BCUT2D eigenvalue weighted by Crippen LogP contribution is 2.15. The van der Waals surface area contributed by atoms with Crippen LogP contribution in [0.1, 0.15) is 58.8 Å². The highest BCUT2D eigenvalue weighted by molar-refractivity contribution is 5.81. The Bertz CT molecular complexity index is 218. The normalized spacial score (nSPS) is 16.3. The molecule has 0 rings (SSSR count). The van der Waals surface area contributed by atoms with Gasteiger partial charge in [-0.2, -0.15) is 0 Å². The minimum Gasteiger partial charge on any atom is -0.394 e. The van der Waals surface area contributed by atoms with Crippen molar-refractivity contribution in [3.8, 4) is 0 Å². The average molecular weight is 260 g/mol. The van der Waals surface area contributed by atoms with E-state index in [9.17, 15) is 15.0 Å². The Labute approximate surface area is 110 Å². The van der Waals surface area contributed by atoms with Crippen LogP contribution >= 0.6 is 0 Å². The standard InChI is InChI=1S/C14H28O4/c1-3-4-5-6-7-8-11(2)12(16)9-13(17)14(18)10-15/h11,13-15,17-18H,3-10H2,1-2H3/t11?,13-,14+/m0/s1. The lowest BCUT2D eigenvalue weighted by Crippen LogP contribution is -2.32. The molecule has 0 amide bonds. The van der Waals surface area contributed by atoms with E-state index in [1.54, 1.807) is 0 Å². The lowest BCUT2D eigenvalue weighted by molar-refractivity contribution is -0.126. The second kappa shape index (κ2) is 10.5. The van der Waals surface area contributed by atoms with Crippen molar-refractivity contribution >= 4 is 5.78 Å². The van der Waals surface area contributed by atoms with Crippen LogP contribution in [0.5, 0.6) is 0 Å². The van der Waals surface area contributed by atoms with Gasteiger partial charge in [0.05, 0.1) is 12.7 Å². The number of hydrogen-bond acceptors (Lipinski definition) is 4. The molecule has 0 bridgehead atoms. The Kier molecular flexibility index (Phi) is 10.2. The topological polar surface area (TPSA) is 77.8 Å². The molecule has 0 aromatic heterocycles. The number of aliphatic hydroxyl groups excluding tert-OH is 3. The number of ketones is 1. The molecule has 1 unspecified atom stereocenters. The number of aliphatic hydroxyl groups is 3. The zero-order chi connectivity index (χ0) is 14.0. The summed E-state index contributed by atoms with van der Waals surface area (Å²) in [5.41, 5.74) is 0. The van der Waals surface area contributed by atoms with Crippen LogP contribution in [-0.4, -0.2) is 39.9 Å². The molecule has 0 radical (unpaired) electrons.